The number of ether oxygens (including phenoxy) is 1. The van der Waals surface area contributed by atoms with Crippen molar-refractivity contribution in [2.45, 2.75) is 39.9 Å². The van der Waals surface area contributed by atoms with E-state index in [-0.39, 0.29) is 23.4 Å². The Hall–Kier alpha value is -1.15. The molecule has 0 spiro atoms. The minimum absolute atomic E-state index is 0.0210. The van der Waals surface area contributed by atoms with Gasteiger partial charge in [-0.15, -0.1) is 0 Å². The average Bonchev–Trinajstić information content (AvgIpc) is 2.96. The van der Waals surface area contributed by atoms with Gasteiger partial charge in [-0.2, -0.15) is 0 Å². The minimum Gasteiger partial charge on any atom is -0.356 e. The summed E-state index contributed by atoms with van der Waals surface area (Å²) < 4.78 is 5.48. The van der Waals surface area contributed by atoms with Crippen LogP contribution in [0.25, 0.3) is 0 Å². The normalized spacial score (nSPS) is 24.2. The van der Waals surface area contributed by atoms with Crippen molar-refractivity contribution in [2.24, 2.45) is 5.41 Å². The van der Waals surface area contributed by atoms with Crippen molar-refractivity contribution in [3.8, 4) is 0 Å². The van der Waals surface area contributed by atoms with Gasteiger partial charge in [0.1, 0.15) is 12.2 Å². The molecule has 1 fully saturated rings. The molecule has 1 aliphatic heterocycles. The number of carbonyl (C=O) groups is 1. The summed E-state index contributed by atoms with van der Waals surface area (Å²) in [5, 5.41) is 0. The van der Waals surface area contributed by atoms with Crippen LogP contribution in [0.5, 0.6) is 0 Å². The van der Waals surface area contributed by atoms with Crippen LogP contribution in [0.1, 0.15) is 38.0 Å². The highest BCUT2D eigenvalue weighted by Gasteiger charge is 2.49. The van der Waals surface area contributed by atoms with Crippen molar-refractivity contribution in [1.82, 2.24) is 0 Å². The van der Waals surface area contributed by atoms with Crippen LogP contribution in [0.2, 0.25) is 0 Å². The fourth-order valence-electron chi connectivity index (χ4n) is 1.75. The molecule has 0 radical (unpaired) electrons. The largest absolute Gasteiger partial charge is 0.356 e. The van der Waals surface area contributed by atoms with Crippen LogP contribution in [-0.2, 0) is 9.53 Å². The van der Waals surface area contributed by atoms with E-state index >= 15 is 0 Å². The molecule has 0 N–H and O–H groups in total. The standard InChI is InChI=1S/C14H18O2/c1-9-5-7-10(8-6-9)11-12(16-11)13(15)14(2,3)4/h5-8,11-12H,1-4H3/t11-,12-/m0/s1. The molecular weight excluding hydrogens is 200 g/mol. The predicted molar refractivity (Wildman–Crippen MR) is 63.3 cm³/mol. The number of aryl methyl sites for hydroxylation is 1. The Morgan fingerprint density at radius 2 is 1.75 bits per heavy atom. The molecule has 1 aromatic carbocycles. The number of hydrogen-bond donors (Lipinski definition) is 0. The van der Waals surface area contributed by atoms with Gasteiger partial charge in [0, 0.05) is 5.41 Å². The second kappa shape index (κ2) is 3.70. The minimum atomic E-state index is -0.315. The van der Waals surface area contributed by atoms with E-state index in [4.69, 9.17) is 4.74 Å². The second-order valence-electron chi connectivity index (χ2n) is 5.50. The maximum atomic E-state index is 12.0. The molecule has 0 saturated carbocycles. The maximum absolute atomic E-state index is 12.0. The molecule has 2 nitrogen and oxygen atoms in total. The van der Waals surface area contributed by atoms with E-state index in [0.717, 1.165) is 5.56 Å². The molecule has 16 heavy (non-hydrogen) atoms. The number of benzene rings is 1. The van der Waals surface area contributed by atoms with Crippen molar-refractivity contribution in [3.05, 3.63) is 35.4 Å². The van der Waals surface area contributed by atoms with Crippen molar-refractivity contribution in [3.63, 3.8) is 0 Å². The van der Waals surface area contributed by atoms with Crippen molar-refractivity contribution in [1.29, 1.82) is 0 Å². The van der Waals surface area contributed by atoms with Gasteiger partial charge in [-0.3, -0.25) is 4.79 Å². The summed E-state index contributed by atoms with van der Waals surface area (Å²) in [6, 6.07) is 8.18. The monoisotopic (exact) mass is 218 g/mol. The van der Waals surface area contributed by atoms with E-state index in [1.807, 2.05) is 32.9 Å². The van der Waals surface area contributed by atoms with E-state index < -0.39 is 0 Å². The fourth-order valence-corrected chi connectivity index (χ4v) is 1.75. The first kappa shape index (κ1) is 11.3. The Kier molecular flexibility index (Phi) is 2.62. The molecule has 0 amide bonds. The first-order chi connectivity index (χ1) is 7.39. The molecule has 0 bridgehead atoms. The van der Waals surface area contributed by atoms with Crippen LogP contribution in [0.15, 0.2) is 24.3 Å². The number of epoxide rings is 1. The topological polar surface area (TPSA) is 29.6 Å². The number of rotatable bonds is 2. The molecule has 0 unspecified atom stereocenters. The van der Waals surface area contributed by atoms with Crippen molar-refractivity contribution >= 4 is 5.78 Å². The third-order valence-electron chi connectivity index (χ3n) is 2.90. The Morgan fingerprint density at radius 3 is 2.25 bits per heavy atom. The van der Waals surface area contributed by atoms with Crippen LogP contribution < -0.4 is 0 Å². The lowest BCUT2D eigenvalue weighted by Gasteiger charge is -2.14. The summed E-state index contributed by atoms with van der Waals surface area (Å²) in [6.07, 6.45) is -0.255. The van der Waals surface area contributed by atoms with Gasteiger partial charge in [-0.05, 0) is 12.5 Å². The zero-order valence-electron chi connectivity index (χ0n) is 10.3. The number of Topliss-reactive ketones (excluding diaryl/α,β-unsaturated/α-hetero) is 1. The van der Waals surface area contributed by atoms with Gasteiger partial charge in [0.2, 0.25) is 0 Å². The third kappa shape index (κ3) is 2.17. The molecule has 1 heterocycles. The molecule has 1 aromatic rings. The lowest BCUT2D eigenvalue weighted by molar-refractivity contribution is -0.127. The Morgan fingerprint density at radius 1 is 1.19 bits per heavy atom. The summed E-state index contributed by atoms with van der Waals surface area (Å²) in [6.45, 7) is 7.85. The lowest BCUT2D eigenvalue weighted by Crippen LogP contribution is -2.25. The van der Waals surface area contributed by atoms with Gasteiger partial charge < -0.3 is 4.74 Å². The average molecular weight is 218 g/mol. The quantitative estimate of drug-likeness (QED) is 0.714. The molecule has 0 aliphatic carbocycles. The van der Waals surface area contributed by atoms with Crippen LogP contribution in [-0.4, -0.2) is 11.9 Å². The van der Waals surface area contributed by atoms with Gasteiger partial charge >= 0.3 is 0 Å². The zero-order chi connectivity index (χ0) is 11.9. The molecule has 0 aromatic heterocycles. The molecule has 1 aliphatic rings. The van der Waals surface area contributed by atoms with E-state index in [0.29, 0.717) is 0 Å². The van der Waals surface area contributed by atoms with Crippen LogP contribution in [0.4, 0.5) is 0 Å². The SMILES string of the molecule is Cc1ccc([C@@H]2O[C@@H]2C(=O)C(C)(C)C)cc1. The highest BCUT2D eigenvalue weighted by atomic mass is 16.6. The highest BCUT2D eigenvalue weighted by molar-refractivity contribution is 5.90. The Balaban J connectivity index is 2.07. The molecule has 1 saturated heterocycles. The molecule has 2 atom stereocenters. The van der Waals surface area contributed by atoms with Gasteiger partial charge in [0.25, 0.3) is 0 Å². The summed E-state index contributed by atoms with van der Waals surface area (Å²) in [5.74, 6) is 0.193. The van der Waals surface area contributed by atoms with Crippen LogP contribution in [0.3, 0.4) is 0 Å². The Labute approximate surface area is 96.6 Å². The first-order valence-electron chi connectivity index (χ1n) is 5.66. The van der Waals surface area contributed by atoms with E-state index in [1.54, 1.807) is 0 Å². The lowest BCUT2D eigenvalue weighted by atomic mass is 9.87. The summed E-state index contributed by atoms with van der Waals surface area (Å²) in [7, 11) is 0. The van der Waals surface area contributed by atoms with Gasteiger partial charge in [-0.1, -0.05) is 50.6 Å². The van der Waals surface area contributed by atoms with Gasteiger partial charge in [0.05, 0.1) is 0 Å². The van der Waals surface area contributed by atoms with Gasteiger partial charge in [0.15, 0.2) is 5.78 Å². The molecule has 2 heteroatoms. The van der Waals surface area contributed by atoms with Crippen molar-refractivity contribution in [2.75, 3.05) is 0 Å². The summed E-state index contributed by atoms with van der Waals surface area (Å²) >= 11 is 0. The van der Waals surface area contributed by atoms with Gasteiger partial charge in [-0.25, -0.2) is 0 Å². The molecule has 86 valence electrons. The summed E-state index contributed by atoms with van der Waals surface area (Å²) in [4.78, 5) is 12.0. The third-order valence-corrected chi connectivity index (χ3v) is 2.90. The van der Waals surface area contributed by atoms with Crippen LogP contribution in [0, 0.1) is 12.3 Å². The maximum Gasteiger partial charge on any atom is 0.169 e. The van der Waals surface area contributed by atoms with Crippen molar-refractivity contribution < 1.29 is 9.53 Å². The Bertz CT molecular complexity index is 398. The number of hydrogen-bond acceptors (Lipinski definition) is 2. The number of carbonyl (C=O) groups excluding carboxylic acids is 1. The molecule has 2 rings (SSSR count). The molecular formula is C14H18O2. The first-order valence-corrected chi connectivity index (χ1v) is 5.66. The highest BCUT2D eigenvalue weighted by Crippen LogP contribution is 2.42. The fraction of sp³-hybridized carbons (Fsp3) is 0.500. The van der Waals surface area contributed by atoms with E-state index in [1.165, 1.54) is 5.56 Å². The predicted octanol–water partition coefficient (Wildman–Crippen LogP) is 3.05. The van der Waals surface area contributed by atoms with E-state index in [9.17, 15) is 4.79 Å². The van der Waals surface area contributed by atoms with E-state index in [2.05, 4.69) is 19.1 Å². The second-order valence-corrected chi connectivity index (χ2v) is 5.50. The smallest absolute Gasteiger partial charge is 0.169 e. The number of ketones is 1. The zero-order valence-corrected chi connectivity index (χ0v) is 10.3. The summed E-state index contributed by atoms with van der Waals surface area (Å²) in [5.41, 5.74) is 2.01. The van der Waals surface area contributed by atoms with Crippen LogP contribution >= 0.6 is 0 Å².